The molecule has 0 heterocycles. The van der Waals surface area contributed by atoms with Crippen molar-refractivity contribution in [1.29, 1.82) is 0 Å². The van der Waals surface area contributed by atoms with Crippen LogP contribution in [-0.2, 0) is 14.4 Å². The Morgan fingerprint density at radius 3 is 2.24 bits per heavy atom. The molecular weight excluding hydrogens is 331 g/mol. The van der Waals surface area contributed by atoms with Gasteiger partial charge in [-0.05, 0) is 38.0 Å². The van der Waals surface area contributed by atoms with Crippen molar-refractivity contribution in [2.24, 2.45) is 0 Å². The van der Waals surface area contributed by atoms with Gasteiger partial charge in [0.1, 0.15) is 0 Å². The molecule has 7 nitrogen and oxygen atoms in total. The highest BCUT2D eigenvalue weighted by molar-refractivity contribution is 5.85. The van der Waals surface area contributed by atoms with E-state index in [1.807, 2.05) is 13.8 Å². The van der Waals surface area contributed by atoms with E-state index >= 15 is 0 Å². The number of methoxy groups -OCH3 is 1. The van der Waals surface area contributed by atoms with Crippen molar-refractivity contribution in [1.82, 2.24) is 10.6 Å². The SMILES string of the molecule is COc1ccc(C(NC(=O)CCCC(=O)NC(C)C)C(=O)O)cc1F. The number of carbonyl (C=O) groups is 3. The van der Waals surface area contributed by atoms with Crippen LogP contribution in [-0.4, -0.2) is 36.0 Å². The molecule has 0 aliphatic carbocycles. The number of rotatable bonds is 9. The second-order valence-electron chi connectivity index (χ2n) is 5.81. The van der Waals surface area contributed by atoms with Gasteiger partial charge < -0.3 is 20.5 Å². The van der Waals surface area contributed by atoms with E-state index in [0.29, 0.717) is 0 Å². The van der Waals surface area contributed by atoms with E-state index in [1.54, 1.807) is 0 Å². The molecule has 0 radical (unpaired) electrons. The maximum absolute atomic E-state index is 13.7. The van der Waals surface area contributed by atoms with E-state index in [-0.39, 0.29) is 42.5 Å². The minimum atomic E-state index is -1.38. The van der Waals surface area contributed by atoms with Gasteiger partial charge in [0.2, 0.25) is 11.8 Å². The molecule has 1 rings (SSSR count). The third-order valence-electron chi connectivity index (χ3n) is 3.32. The first-order valence-corrected chi connectivity index (χ1v) is 7.89. The maximum atomic E-state index is 13.7. The van der Waals surface area contributed by atoms with Crippen LogP contribution in [0.25, 0.3) is 0 Å². The van der Waals surface area contributed by atoms with Gasteiger partial charge in [-0.15, -0.1) is 0 Å². The van der Waals surface area contributed by atoms with Crippen LogP contribution in [0.2, 0.25) is 0 Å². The zero-order valence-electron chi connectivity index (χ0n) is 14.5. The lowest BCUT2D eigenvalue weighted by Crippen LogP contribution is -2.34. The summed E-state index contributed by atoms with van der Waals surface area (Å²) in [6.45, 7) is 3.66. The molecule has 2 amide bonds. The fourth-order valence-electron chi connectivity index (χ4n) is 2.19. The summed E-state index contributed by atoms with van der Waals surface area (Å²) in [5, 5.41) is 14.3. The molecule has 0 aromatic heterocycles. The van der Waals surface area contributed by atoms with Crippen molar-refractivity contribution in [2.75, 3.05) is 7.11 Å². The largest absolute Gasteiger partial charge is 0.494 e. The molecule has 138 valence electrons. The predicted octanol–water partition coefficient (Wildman–Crippen LogP) is 1.77. The standard InChI is InChI=1S/C17H23FN2O5/c1-10(2)19-14(21)5-4-6-15(22)20-16(17(23)24)11-7-8-13(25-3)12(18)9-11/h7-10,16H,4-6H2,1-3H3,(H,19,21)(H,20,22)(H,23,24). The number of carbonyl (C=O) groups excluding carboxylic acids is 2. The van der Waals surface area contributed by atoms with Gasteiger partial charge in [-0.1, -0.05) is 6.07 Å². The van der Waals surface area contributed by atoms with Crippen LogP contribution < -0.4 is 15.4 Å². The van der Waals surface area contributed by atoms with Gasteiger partial charge in [-0.2, -0.15) is 0 Å². The predicted molar refractivity (Wildman–Crippen MR) is 88.6 cm³/mol. The Kier molecular flexibility index (Phi) is 7.84. The van der Waals surface area contributed by atoms with Gasteiger partial charge in [0.25, 0.3) is 0 Å². The van der Waals surface area contributed by atoms with Gasteiger partial charge in [0.15, 0.2) is 17.6 Å². The van der Waals surface area contributed by atoms with Crippen LogP contribution in [0.4, 0.5) is 4.39 Å². The number of carboxylic acids is 1. The first-order chi connectivity index (χ1) is 11.7. The highest BCUT2D eigenvalue weighted by Crippen LogP contribution is 2.22. The Labute approximate surface area is 145 Å². The van der Waals surface area contributed by atoms with Crippen molar-refractivity contribution >= 4 is 17.8 Å². The molecule has 0 aliphatic rings. The highest BCUT2D eigenvalue weighted by atomic mass is 19.1. The molecule has 1 atom stereocenters. The molecule has 0 spiro atoms. The summed E-state index contributed by atoms with van der Waals surface area (Å²) in [5.41, 5.74) is 0.0942. The van der Waals surface area contributed by atoms with Crippen LogP contribution in [0.3, 0.4) is 0 Å². The van der Waals surface area contributed by atoms with Gasteiger partial charge >= 0.3 is 5.97 Å². The number of amides is 2. The number of benzene rings is 1. The molecule has 0 fully saturated rings. The second-order valence-corrected chi connectivity index (χ2v) is 5.81. The third kappa shape index (κ3) is 6.78. The van der Waals surface area contributed by atoms with E-state index in [2.05, 4.69) is 10.6 Å². The average Bonchev–Trinajstić information content (AvgIpc) is 2.51. The van der Waals surface area contributed by atoms with Gasteiger partial charge in [-0.3, -0.25) is 9.59 Å². The lowest BCUT2D eigenvalue weighted by molar-refractivity contribution is -0.142. The van der Waals surface area contributed by atoms with E-state index in [0.717, 1.165) is 6.07 Å². The fraction of sp³-hybridized carbons (Fsp3) is 0.471. The van der Waals surface area contributed by atoms with E-state index in [1.165, 1.54) is 19.2 Å². The number of ether oxygens (including phenoxy) is 1. The van der Waals surface area contributed by atoms with Crippen molar-refractivity contribution in [3.8, 4) is 5.75 Å². The summed E-state index contributed by atoms with van der Waals surface area (Å²) in [7, 11) is 1.30. The van der Waals surface area contributed by atoms with E-state index in [9.17, 15) is 23.9 Å². The smallest absolute Gasteiger partial charge is 0.330 e. The number of aliphatic carboxylic acids is 1. The summed E-state index contributed by atoms with van der Waals surface area (Å²) in [6, 6.07) is 2.31. The number of hydrogen-bond donors (Lipinski definition) is 3. The van der Waals surface area contributed by atoms with Crippen LogP contribution in [0, 0.1) is 5.82 Å². The molecule has 0 saturated carbocycles. The summed E-state index contributed by atoms with van der Waals surface area (Å²) < 4.78 is 18.5. The Morgan fingerprint density at radius 1 is 1.16 bits per heavy atom. The van der Waals surface area contributed by atoms with Crippen molar-refractivity contribution in [3.63, 3.8) is 0 Å². The van der Waals surface area contributed by atoms with Crippen molar-refractivity contribution < 1.29 is 28.6 Å². The first kappa shape index (κ1) is 20.4. The number of nitrogens with one attached hydrogen (secondary N) is 2. The van der Waals surface area contributed by atoms with E-state index < -0.39 is 23.7 Å². The minimum Gasteiger partial charge on any atom is -0.494 e. The van der Waals surface area contributed by atoms with Gasteiger partial charge in [0.05, 0.1) is 7.11 Å². The summed E-state index contributed by atoms with van der Waals surface area (Å²) in [6.07, 6.45) is 0.447. The Hall–Kier alpha value is -2.64. The monoisotopic (exact) mass is 354 g/mol. The molecule has 1 unspecified atom stereocenters. The third-order valence-corrected chi connectivity index (χ3v) is 3.32. The van der Waals surface area contributed by atoms with Crippen LogP contribution in [0.1, 0.15) is 44.7 Å². The van der Waals surface area contributed by atoms with Crippen LogP contribution >= 0.6 is 0 Å². The molecule has 0 saturated heterocycles. The fourth-order valence-corrected chi connectivity index (χ4v) is 2.19. The van der Waals surface area contributed by atoms with E-state index in [4.69, 9.17) is 4.74 Å². The minimum absolute atomic E-state index is 0.00602. The first-order valence-electron chi connectivity index (χ1n) is 7.89. The Morgan fingerprint density at radius 2 is 1.76 bits per heavy atom. The quantitative estimate of drug-likeness (QED) is 0.627. The molecule has 0 aliphatic heterocycles. The zero-order chi connectivity index (χ0) is 19.0. The molecular formula is C17H23FN2O5. The molecule has 3 N–H and O–H groups in total. The average molecular weight is 354 g/mol. The Balaban J connectivity index is 2.63. The zero-order valence-corrected chi connectivity index (χ0v) is 14.5. The number of carboxylic acid groups (broad SMARTS) is 1. The summed E-state index contributed by atoms with van der Waals surface area (Å²) in [4.78, 5) is 34.8. The molecule has 1 aromatic rings. The topological polar surface area (TPSA) is 105 Å². The molecule has 0 bridgehead atoms. The van der Waals surface area contributed by atoms with Crippen LogP contribution in [0.15, 0.2) is 18.2 Å². The second kappa shape index (κ2) is 9.61. The normalized spacial score (nSPS) is 11.7. The highest BCUT2D eigenvalue weighted by Gasteiger charge is 2.23. The lowest BCUT2D eigenvalue weighted by Gasteiger charge is -2.16. The lowest BCUT2D eigenvalue weighted by atomic mass is 10.1. The van der Waals surface area contributed by atoms with Crippen LogP contribution in [0.5, 0.6) is 5.75 Å². The molecule has 8 heteroatoms. The van der Waals surface area contributed by atoms with Gasteiger partial charge in [-0.25, -0.2) is 9.18 Å². The molecule has 25 heavy (non-hydrogen) atoms. The molecule has 1 aromatic carbocycles. The maximum Gasteiger partial charge on any atom is 0.330 e. The number of hydrogen-bond acceptors (Lipinski definition) is 4. The Bertz CT molecular complexity index is 633. The summed E-state index contributed by atoms with van der Waals surface area (Å²) >= 11 is 0. The van der Waals surface area contributed by atoms with Crippen molar-refractivity contribution in [3.05, 3.63) is 29.6 Å². The van der Waals surface area contributed by atoms with Gasteiger partial charge in [0, 0.05) is 18.9 Å². The number of halogens is 1. The summed E-state index contributed by atoms with van der Waals surface area (Å²) in [5.74, 6) is -2.74. The van der Waals surface area contributed by atoms with Crippen molar-refractivity contribution in [2.45, 2.75) is 45.2 Å².